The van der Waals surface area contributed by atoms with E-state index in [2.05, 4.69) is 0 Å². The van der Waals surface area contributed by atoms with Gasteiger partial charge in [0, 0.05) is 12.6 Å². The molecule has 1 amide bonds. The number of nitrogens with zero attached hydrogens (tertiary/aromatic N) is 1. The Labute approximate surface area is 135 Å². The minimum absolute atomic E-state index is 0.0875. The number of amides is 1. The lowest BCUT2D eigenvalue weighted by Gasteiger charge is -2.33. The quantitative estimate of drug-likeness (QED) is 0.795. The van der Waals surface area contributed by atoms with Crippen LogP contribution in [-0.4, -0.2) is 48.7 Å². The Hall–Kier alpha value is -2.24. The van der Waals surface area contributed by atoms with Gasteiger partial charge >= 0.3 is 5.97 Å². The fraction of sp³-hybridized carbons (Fsp3) is 0.529. The van der Waals surface area contributed by atoms with E-state index in [0.717, 1.165) is 25.8 Å². The van der Waals surface area contributed by atoms with Crippen molar-refractivity contribution in [2.45, 2.75) is 38.3 Å². The molecular weight excluding hydrogens is 298 g/mol. The van der Waals surface area contributed by atoms with Gasteiger partial charge in [0.15, 0.2) is 18.1 Å². The Morgan fingerprint density at radius 2 is 2.04 bits per heavy atom. The lowest BCUT2D eigenvalue weighted by atomic mass is 10.0. The first-order valence-corrected chi connectivity index (χ1v) is 8.00. The molecule has 1 aromatic carbocycles. The van der Waals surface area contributed by atoms with Crippen LogP contribution in [0.15, 0.2) is 24.3 Å². The van der Waals surface area contributed by atoms with Crippen molar-refractivity contribution in [3.05, 3.63) is 24.3 Å². The van der Waals surface area contributed by atoms with E-state index in [1.54, 1.807) is 23.1 Å². The Kier molecular flexibility index (Phi) is 4.69. The highest BCUT2D eigenvalue weighted by Gasteiger charge is 2.30. The van der Waals surface area contributed by atoms with Crippen LogP contribution in [0.25, 0.3) is 0 Å². The number of piperidine rings is 1. The van der Waals surface area contributed by atoms with E-state index in [9.17, 15) is 9.59 Å². The fourth-order valence-electron chi connectivity index (χ4n) is 2.91. The fourth-order valence-corrected chi connectivity index (χ4v) is 2.91. The molecule has 23 heavy (non-hydrogen) atoms. The Morgan fingerprint density at radius 1 is 1.26 bits per heavy atom. The molecule has 0 saturated carbocycles. The molecule has 0 N–H and O–H groups in total. The first-order chi connectivity index (χ1) is 11.1. The third-order valence-electron chi connectivity index (χ3n) is 4.23. The van der Waals surface area contributed by atoms with Crippen molar-refractivity contribution >= 4 is 11.9 Å². The predicted molar refractivity (Wildman–Crippen MR) is 82.3 cm³/mol. The molecule has 0 unspecified atom stereocenters. The minimum atomic E-state index is -0.837. The summed E-state index contributed by atoms with van der Waals surface area (Å²) in [5.74, 6) is 0.395. The van der Waals surface area contributed by atoms with Crippen LogP contribution in [0, 0.1) is 0 Å². The number of esters is 1. The summed E-state index contributed by atoms with van der Waals surface area (Å²) in [6.45, 7) is 2.59. The third-order valence-corrected chi connectivity index (χ3v) is 4.23. The summed E-state index contributed by atoms with van der Waals surface area (Å²) in [6.07, 6.45) is 2.30. The van der Waals surface area contributed by atoms with Crippen molar-refractivity contribution in [3.63, 3.8) is 0 Å². The zero-order valence-corrected chi connectivity index (χ0v) is 13.2. The number of carbonyl (C=O) groups is 2. The van der Waals surface area contributed by atoms with E-state index in [1.165, 1.54) is 0 Å². The van der Waals surface area contributed by atoms with Crippen molar-refractivity contribution in [2.24, 2.45) is 0 Å². The maximum atomic E-state index is 12.2. The molecule has 2 aliphatic rings. The third kappa shape index (κ3) is 3.57. The van der Waals surface area contributed by atoms with E-state index in [1.807, 2.05) is 13.0 Å². The topological polar surface area (TPSA) is 65.1 Å². The van der Waals surface area contributed by atoms with E-state index in [0.29, 0.717) is 11.5 Å². The van der Waals surface area contributed by atoms with Crippen LogP contribution in [0.5, 0.6) is 11.5 Å². The van der Waals surface area contributed by atoms with Gasteiger partial charge in [0.1, 0.15) is 6.61 Å². The van der Waals surface area contributed by atoms with Gasteiger partial charge in [-0.05, 0) is 38.3 Å². The molecule has 0 aromatic heterocycles. The monoisotopic (exact) mass is 319 g/mol. The maximum Gasteiger partial charge on any atom is 0.351 e. The lowest BCUT2D eigenvalue weighted by Crippen LogP contribution is -2.45. The molecule has 0 bridgehead atoms. The number of rotatable bonds is 3. The molecule has 0 radical (unpaired) electrons. The molecule has 6 heteroatoms. The van der Waals surface area contributed by atoms with Crippen LogP contribution >= 0.6 is 0 Å². The van der Waals surface area contributed by atoms with Gasteiger partial charge in [-0.15, -0.1) is 0 Å². The molecule has 3 rings (SSSR count). The van der Waals surface area contributed by atoms with Gasteiger partial charge in [-0.2, -0.15) is 0 Å². The van der Waals surface area contributed by atoms with Gasteiger partial charge in [0.2, 0.25) is 6.10 Å². The van der Waals surface area contributed by atoms with E-state index >= 15 is 0 Å². The second kappa shape index (κ2) is 6.89. The average molecular weight is 319 g/mol. The Balaban J connectivity index is 1.51. The number of fused-ring (bicyclic) bond motifs is 1. The SMILES string of the molecule is C[C@H]1CCCCN1C(=O)COC(=O)[C@@H]1COc2ccccc2O1. The molecule has 6 nitrogen and oxygen atoms in total. The molecule has 2 atom stereocenters. The largest absolute Gasteiger partial charge is 0.485 e. The summed E-state index contributed by atoms with van der Waals surface area (Å²) in [4.78, 5) is 26.0. The molecule has 124 valence electrons. The van der Waals surface area contributed by atoms with Crippen molar-refractivity contribution in [1.29, 1.82) is 0 Å². The van der Waals surface area contributed by atoms with E-state index in [-0.39, 0.29) is 25.2 Å². The van der Waals surface area contributed by atoms with Crippen LogP contribution in [-0.2, 0) is 14.3 Å². The van der Waals surface area contributed by atoms with E-state index < -0.39 is 12.1 Å². The first-order valence-electron chi connectivity index (χ1n) is 8.00. The number of hydrogen-bond donors (Lipinski definition) is 0. The maximum absolute atomic E-state index is 12.2. The second-order valence-corrected chi connectivity index (χ2v) is 5.90. The number of likely N-dealkylation sites (tertiary alicyclic amines) is 1. The summed E-state index contributed by atoms with van der Waals surface area (Å²) >= 11 is 0. The number of hydrogen-bond acceptors (Lipinski definition) is 5. The van der Waals surface area contributed by atoms with E-state index in [4.69, 9.17) is 14.2 Å². The minimum Gasteiger partial charge on any atom is -0.485 e. The molecule has 1 fully saturated rings. The normalized spacial score (nSPS) is 23.3. The summed E-state index contributed by atoms with van der Waals surface area (Å²) < 4.78 is 16.2. The van der Waals surface area contributed by atoms with Crippen LogP contribution in [0.4, 0.5) is 0 Å². The molecule has 2 aliphatic heterocycles. The lowest BCUT2D eigenvalue weighted by molar-refractivity contribution is -0.161. The van der Waals surface area contributed by atoms with Crippen LogP contribution in [0.2, 0.25) is 0 Å². The van der Waals surface area contributed by atoms with Crippen molar-refractivity contribution in [1.82, 2.24) is 4.90 Å². The highest BCUT2D eigenvalue weighted by molar-refractivity contribution is 5.82. The van der Waals surface area contributed by atoms with Gasteiger partial charge in [-0.3, -0.25) is 4.79 Å². The first kappa shape index (κ1) is 15.6. The Morgan fingerprint density at radius 3 is 2.83 bits per heavy atom. The standard InChI is InChI=1S/C17H21NO5/c1-12-6-4-5-9-18(12)16(19)11-22-17(20)15-10-21-13-7-2-3-8-14(13)23-15/h2-3,7-8,12,15H,4-6,9-11H2,1H3/t12-,15-/m0/s1. The number of benzene rings is 1. The van der Waals surface area contributed by atoms with Crippen LogP contribution in [0.3, 0.4) is 0 Å². The van der Waals surface area contributed by atoms with Gasteiger partial charge in [0.25, 0.3) is 5.91 Å². The molecule has 1 aromatic rings. The smallest absolute Gasteiger partial charge is 0.351 e. The molecule has 0 aliphatic carbocycles. The van der Waals surface area contributed by atoms with Crippen molar-refractivity contribution < 1.29 is 23.8 Å². The van der Waals surface area contributed by atoms with Gasteiger partial charge in [-0.25, -0.2) is 4.79 Å². The van der Waals surface area contributed by atoms with Crippen LogP contribution < -0.4 is 9.47 Å². The summed E-state index contributed by atoms with van der Waals surface area (Å²) in [6, 6.07) is 7.35. The number of para-hydroxylation sites is 2. The van der Waals surface area contributed by atoms with Gasteiger partial charge in [0.05, 0.1) is 0 Å². The van der Waals surface area contributed by atoms with Gasteiger partial charge < -0.3 is 19.1 Å². The summed E-state index contributed by atoms with van der Waals surface area (Å²) in [7, 11) is 0. The number of carbonyl (C=O) groups excluding carboxylic acids is 2. The zero-order chi connectivity index (χ0) is 16.2. The predicted octanol–water partition coefficient (Wildman–Crippen LogP) is 1.77. The molecular formula is C17H21NO5. The van der Waals surface area contributed by atoms with Gasteiger partial charge in [-0.1, -0.05) is 12.1 Å². The molecule has 1 saturated heterocycles. The second-order valence-electron chi connectivity index (χ2n) is 5.90. The molecule has 2 heterocycles. The highest BCUT2D eigenvalue weighted by Crippen LogP contribution is 2.31. The Bertz CT molecular complexity index is 588. The van der Waals surface area contributed by atoms with Crippen molar-refractivity contribution in [3.8, 4) is 11.5 Å². The summed E-state index contributed by atoms with van der Waals surface area (Å²) in [5.41, 5.74) is 0. The van der Waals surface area contributed by atoms with Crippen molar-refractivity contribution in [2.75, 3.05) is 19.8 Å². The number of ether oxygens (including phenoxy) is 3. The summed E-state index contributed by atoms with van der Waals surface area (Å²) in [5, 5.41) is 0. The average Bonchev–Trinajstić information content (AvgIpc) is 2.59. The molecule has 0 spiro atoms. The highest BCUT2D eigenvalue weighted by atomic mass is 16.6. The van der Waals surface area contributed by atoms with Crippen LogP contribution in [0.1, 0.15) is 26.2 Å². The zero-order valence-electron chi connectivity index (χ0n) is 13.2.